The lowest BCUT2D eigenvalue weighted by atomic mass is 10.2. The average Bonchev–Trinajstić information content (AvgIpc) is 3.04. The van der Waals surface area contributed by atoms with Crippen molar-refractivity contribution in [3.05, 3.63) is 16.1 Å². The van der Waals surface area contributed by atoms with E-state index in [4.69, 9.17) is 10.5 Å². The maximum Gasteiger partial charge on any atom is 0.326 e. The van der Waals surface area contributed by atoms with Crippen LogP contribution in [0, 0.1) is 0 Å². The number of nitrogens with two attached hydrogens (primary N) is 1. The lowest BCUT2D eigenvalue weighted by molar-refractivity contribution is -0.141. The van der Waals surface area contributed by atoms with Gasteiger partial charge in [-0.15, -0.1) is 11.3 Å². The molecule has 2 heterocycles. The first-order valence-corrected chi connectivity index (χ1v) is 7.09. The van der Waals surface area contributed by atoms with Crippen LogP contribution in [0.15, 0.2) is 5.38 Å². The molecule has 110 valence electrons. The number of carbonyl (C=O) groups is 2. The summed E-state index contributed by atoms with van der Waals surface area (Å²) in [4.78, 5) is 29.1. The van der Waals surface area contributed by atoms with Crippen LogP contribution in [-0.4, -0.2) is 52.7 Å². The fraction of sp³-hybridized carbons (Fsp3) is 0.583. The van der Waals surface area contributed by atoms with Crippen LogP contribution in [0.25, 0.3) is 0 Å². The van der Waals surface area contributed by atoms with Crippen molar-refractivity contribution in [2.45, 2.75) is 31.5 Å². The Bertz CT molecular complexity index is 517. The topological polar surface area (TPSA) is 106 Å². The Morgan fingerprint density at radius 3 is 2.85 bits per heavy atom. The summed E-state index contributed by atoms with van der Waals surface area (Å²) in [7, 11) is 1.51. The molecule has 1 aliphatic rings. The third-order valence-electron chi connectivity index (χ3n) is 3.27. The Labute approximate surface area is 120 Å². The van der Waals surface area contributed by atoms with E-state index in [0.29, 0.717) is 11.4 Å². The van der Waals surface area contributed by atoms with Gasteiger partial charge in [0.15, 0.2) is 0 Å². The molecule has 0 saturated carbocycles. The monoisotopic (exact) mass is 299 g/mol. The maximum atomic E-state index is 12.4. The van der Waals surface area contributed by atoms with Crippen molar-refractivity contribution in [1.82, 2.24) is 9.88 Å². The van der Waals surface area contributed by atoms with Crippen LogP contribution in [0.2, 0.25) is 0 Å². The molecule has 0 aliphatic carbocycles. The highest BCUT2D eigenvalue weighted by Gasteiger charge is 2.40. The number of carboxylic acids is 1. The Hall–Kier alpha value is -1.51. The van der Waals surface area contributed by atoms with E-state index in [9.17, 15) is 14.7 Å². The van der Waals surface area contributed by atoms with E-state index < -0.39 is 12.0 Å². The maximum absolute atomic E-state index is 12.4. The number of amides is 1. The average molecular weight is 299 g/mol. The van der Waals surface area contributed by atoms with Gasteiger partial charge in [0.05, 0.1) is 12.1 Å². The van der Waals surface area contributed by atoms with Gasteiger partial charge in [-0.05, 0) is 6.92 Å². The van der Waals surface area contributed by atoms with Gasteiger partial charge in [0, 0.05) is 25.5 Å². The SMILES string of the molecule is COC1CC(C(=O)O)N(C(=O)c2csc(C(C)N)n2)C1. The first-order valence-electron chi connectivity index (χ1n) is 6.21. The van der Waals surface area contributed by atoms with Gasteiger partial charge in [0.1, 0.15) is 16.7 Å². The van der Waals surface area contributed by atoms with Crippen molar-refractivity contribution < 1.29 is 19.4 Å². The van der Waals surface area contributed by atoms with Crippen molar-refractivity contribution >= 4 is 23.2 Å². The second kappa shape index (κ2) is 5.86. The molecule has 0 aromatic carbocycles. The number of hydrogen-bond donors (Lipinski definition) is 2. The molecule has 1 aromatic rings. The molecular weight excluding hydrogens is 282 g/mol. The number of aromatic nitrogens is 1. The molecule has 1 aromatic heterocycles. The molecule has 3 unspecified atom stereocenters. The van der Waals surface area contributed by atoms with Crippen molar-refractivity contribution in [3.63, 3.8) is 0 Å². The minimum Gasteiger partial charge on any atom is -0.480 e. The van der Waals surface area contributed by atoms with Crippen LogP contribution in [0.4, 0.5) is 0 Å². The highest BCUT2D eigenvalue weighted by atomic mass is 32.1. The van der Waals surface area contributed by atoms with E-state index in [0.717, 1.165) is 0 Å². The number of ether oxygens (including phenoxy) is 1. The van der Waals surface area contributed by atoms with Crippen LogP contribution in [0.3, 0.4) is 0 Å². The number of likely N-dealkylation sites (tertiary alicyclic amines) is 1. The van der Waals surface area contributed by atoms with E-state index in [1.165, 1.54) is 23.3 Å². The van der Waals surface area contributed by atoms with Crippen molar-refractivity contribution in [1.29, 1.82) is 0 Å². The van der Waals surface area contributed by atoms with Crippen molar-refractivity contribution in [3.8, 4) is 0 Å². The summed E-state index contributed by atoms with van der Waals surface area (Å²) in [5, 5.41) is 11.5. The molecule has 1 aliphatic heterocycles. The Morgan fingerprint density at radius 1 is 1.65 bits per heavy atom. The predicted molar refractivity (Wildman–Crippen MR) is 72.6 cm³/mol. The minimum absolute atomic E-state index is 0.241. The predicted octanol–water partition coefficient (Wildman–Crippen LogP) is 0.477. The zero-order valence-corrected chi connectivity index (χ0v) is 12.1. The fourth-order valence-corrected chi connectivity index (χ4v) is 2.92. The lowest BCUT2D eigenvalue weighted by Crippen LogP contribution is -2.40. The largest absolute Gasteiger partial charge is 0.480 e. The number of nitrogens with zero attached hydrogens (tertiary/aromatic N) is 2. The van der Waals surface area contributed by atoms with Gasteiger partial charge < -0.3 is 20.5 Å². The Balaban J connectivity index is 2.19. The van der Waals surface area contributed by atoms with Crippen molar-refractivity contribution in [2.24, 2.45) is 5.73 Å². The van der Waals surface area contributed by atoms with Crippen molar-refractivity contribution in [2.75, 3.05) is 13.7 Å². The van der Waals surface area contributed by atoms with Gasteiger partial charge in [0.2, 0.25) is 0 Å². The summed E-state index contributed by atoms with van der Waals surface area (Å²) >= 11 is 1.30. The molecule has 1 fully saturated rings. The minimum atomic E-state index is -1.03. The quantitative estimate of drug-likeness (QED) is 0.837. The number of rotatable bonds is 4. The van der Waals surface area contributed by atoms with Gasteiger partial charge in [-0.25, -0.2) is 9.78 Å². The van der Waals surface area contributed by atoms with Crippen LogP contribution in [0.1, 0.15) is 34.9 Å². The fourth-order valence-electron chi connectivity index (χ4n) is 2.17. The molecule has 1 saturated heterocycles. The second-order valence-electron chi connectivity index (χ2n) is 4.76. The van der Waals surface area contributed by atoms with E-state index in [1.54, 1.807) is 12.3 Å². The van der Waals surface area contributed by atoms with Gasteiger partial charge >= 0.3 is 5.97 Å². The number of carboxylic acid groups (broad SMARTS) is 1. The summed E-state index contributed by atoms with van der Waals surface area (Å²) in [6.45, 7) is 2.04. The number of thiazole rings is 1. The summed E-state index contributed by atoms with van der Waals surface area (Å²) in [5.41, 5.74) is 5.95. The van der Waals surface area contributed by atoms with Gasteiger partial charge in [0.25, 0.3) is 5.91 Å². The van der Waals surface area contributed by atoms with Crippen LogP contribution >= 0.6 is 11.3 Å². The normalized spacial score (nSPS) is 23.9. The second-order valence-corrected chi connectivity index (χ2v) is 5.65. The third-order valence-corrected chi connectivity index (χ3v) is 4.32. The number of methoxy groups -OCH3 is 1. The number of aliphatic carboxylic acids is 1. The molecule has 20 heavy (non-hydrogen) atoms. The molecular formula is C12H17N3O4S. The number of hydrogen-bond acceptors (Lipinski definition) is 6. The van der Waals surface area contributed by atoms with E-state index in [1.807, 2.05) is 0 Å². The zero-order chi connectivity index (χ0) is 14.9. The first kappa shape index (κ1) is 14.9. The van der Waals surface area contributed by atoms with Crippen LogP contribution in [-0.2, 0) is 9.53 Å². The highest BCUT2D eigenvalue weighted by molar-refractivity contribution is 7.09. The molecule has 8 heteroatoms. The van der Waals surface area contributed by atoms with Crippen LogP contribution in [0.5, 0.6) is 0 Å². The molecule has 7 nitrogen and oxygen atoms in total. The van der Waals surface area contributed by atoms with E-state index >= 15 is 0 Å². The molecule has 3 N–H and O–H groups in total. The van der Waals surface area contributed by atoms with Gasteiger partial charge in [-0.3, -0.25) is 4.79 Å². The lowest BCUT2D eigenvalue weighted by Gasteiger charge is -2.20. The Morgan fingerprint density at radius 2 is 2.35 bits per heavy atom. The summed E-state index contributed by atoms with van der Waals surface area (Å²) in [5.74, 6) is -1.42. The van der Waals surface area contributed by atoms with Gasteiger partial charge in [-0.2, -0.15) is 0 Å². The summed E-state index contributed by atoms with van der Waals surface area (Å²) in [6.07, 6.45) is 0.0357. The molecule has 0 bridgehead atoms. The molecule has 2 rings (SSSR count). The van der Waals surface area contributed by atoms with E-state index in [2.05, 4.69) is 4.98 Å². The standard InChI is InChI=1S/C12H17N3O4S/c1-6(13)10-14-8(5-20-10)11(16)15-4-7(19-2)3-9(15)12(17)18/h5-7,9H,3-4,13H2,1-2H3,(H,17,18). The third kappa shape index (κ3) is 2.82. The van der Waals surface area contributed by atoms with Gasteiger partial charge in [-0.1, -0.05) is 0 Å². The molecule has 1 amide bonds. The molecule has 0 spiro atoms. The summed E-state index contributed by atoms with van der Waals surface area (Å²) < 4.78 is 5.16. The smallest absolute Gasteiger partial charge is 0.326 e. The summed E-state index contributed by atoms with van der Waals surface area (Å²) in [6, 6.07) is -1.12. The highest BCUT2D eigenvalue weighted by Crippen LogP contribution is 2.24. The number of carbonyl (C=O) groups excluding carboxylic acids is 1. The van der Waals surface area contributed by atoms with Crippen LogP contribution < -0.4 is 5.73 Å². The molecule has 3 atom stereocenters. The van der Waals surface area contributed by atoms with E-state index in [-0.39, 0.29) is 30.3 Å². The molecule has 0 radical (unpaired) electrons. The zero-order valence-electron chi connectivity index (χ0n) is 11.3. The Kier molecular flexibility index (Phi) is 4.36. The first-order chi connectivity index (χ1) is 9.43.